The summed E-state index contributed by atoms with van der Waals surface area (Å²) < 4.78 is 9.08. The fourth-order valence-corrected chi connectivity index (χ4v) is 1.83. The number of ether oxygens (including phenoxy) is 1. The molecule has 0 radical (unpaired) electrons. The van der Waals surface area contributed by atoms with Gasteiger partial charge in [-0.25, -0.2) is 0 Å². The van der Waals surface area contributed by atoms with Gasteiger partial charge in [-0.15, -0.1) is 0 Å². The molecule has 0 aliphatic heterocycles. The number of aromatic hydroxyl groups is 1. The molecule has 0 spiro atoms. The highest BCUT2D eigenvalue weighted by molar-refractivity contribution is 7.09. The molecular formula is C10H9NO2S. The van der Waals surface area contributed by atoms with Crippen LogP contribution >= 0.6 is 11.5 Å². The lowest BCUT2D eigenvalue weighted by atomic mass is 10.2. The predicted molar refractivity (Wildman–Crippen MR) is 55.8 cm³/mol. The van der Waals surface area contributed by atoms with E-state index in [-0.39, 0.29) is 5.75 Å². The van der Waals surface area contributed by atoms with Crippen molar-refractivity contribution in [3.8, 4) is 22.1 Å². The highest BCUT2D eigenvalue weighted by Gasteiger charge is 2.03. The zero-order chi connectivity index (χ0) is 9.97. The highest BCUT2D eigenvalue weighted by Crippen LogP contribution is 2.28. The highest BCUT2D eigenvalue weighted by atomic mass is 32.1. The number of rotatable bonds is 2. The summed E-state index contributed by atoms with van der Waals surface area (Å²) in [6.45, 7) is 0. The van der Waals surface area contributed by atoms with Crippen LogP contribution in [0.25, 0.3) is 10.4 Å². The van der Waals surface area contributed by atoms with Gasteiger partial charge >= 0.3 is 0 Å². The summed E-state index contributed by atoms with van der Waals surface area (Å²) in [5, 5.41) is 9.12. The second kappa shape index (κ2) is 3.67. The van der Waals surface area contributed by atoms with E-state index in [2.05, 4.69) is 4.37 Å². The Labute approximate surface area is 85.8 Å². The van der Waals surface area contributed by atoms with E-state index in [1.165, 1.54) is 11.5 Å². The summed E-state index contributed by atoms with van der Waals surface area (Å²) in [7, 11) is 1.59. The lowest BCUT2D eigenvalue weighted by Crippen LogP contribution is -1.78. The Bertz CT molecular complexity index is 422. The average Bonchev–Trinajstić information content (AvgIpc) is 2.67. The zero-order valence-electron chi connectivity index (χ0n) is 7.60. The molecule has 72 valence electrons. The first-order chi connectivity index (χ1) is 6.79. The van der Waals surface area contributed by atoms with Crippen LogP contribution in [0.15, 0.2) is 30.3 Å². The van der Waals surface area contributed by atoms with E-state index in [1.807, 2.05) is 18.2 Å². The van der Waals surface area contributed by atoms with Crippen LogP contribution in [0.1, 0.15) is 0 Å². The van der Waals surface area contributed by atoms with Crippen molar-refractivity contribution in [3.05, 3.63) is 30.3 Å². The first-order valence-electron chi connectivity index (χ1n) is 4.10. The normalized spacial score (nSPS) is 10.1. The van der Waals surface area contributed by atoms with Gasteiger partial charge in [-0.1, -0.05) is 0 Å². The Hall–Kier alpha value is -1.55. The van der Waals surface area contributed by atoms with Crippen LogP contribution in [0, 0.1) is 0 Å². The fraction of sp³-hybridized carbons (Fsp3) is 0.100. The summed E-state index contributed by atoms with van der Waals surface area (Å²) in [4.78, 5) is 1.03. The molecule has 1 aromatic carbocycles. The minimum absolute atomic E-state index is 0.269. The average molecular weight is 207 g/mol. The lowest BCUT2D eigenvalue weighted by Gasteiger charge is -1.95. The van der Waals surface area contributed by atoms with Crippen molar-refractivity contribution < 1.29 is 9.84 Å². The fourth-order valence-electron chi connectivity index (χ4n) is 1.12. The third-order valence-corrected chi connectivity index (χ3v) is 2.67. The van der Waals surface area contributed by atoms with E-state index in [4.69, 9.17) is 9.84 Å². The van der Waals surface area contributed by atoms with Crippen LogP contribution in [0.4, 0.5) is 0 Å². The Kier molecular flexibility index (Phi) is 2.37. The summed E-state index contributed by atoms with van der Waals surface area (Å²) in [6, 6.07) is 8.88. The largest absolute Gasteiger partial charge is 0.508 e. The van der Waals surface area contributed by atoms with Crippen molar-refractivity contribution in [2.45, 2.75) is 0 Å². The maximum Gasteiger partial charge on any atom is 0.225 e. The topological polar surface area (TPSA) is 42.4 Å². The first kappa shape index (κ1) is 9.02. The third kappa shape index (κ3) is 1.70. The molecule has 0 saturated carbocycles. The van der Waals surface area contributed by atoms with Crippen LogP contribution in [0.2, 0.25) is 0 Å². The first-order valence-corrected chi connectivity index (χ1v) is 4.87. The molecule has 4 heteroatoms. The molecule has 0 fully saturated rings. The number of nitrogens with zero attached hydrogens (tertiary/aromatic N) is 1. The van der Waals surface area contributed by atoms with E-state index in [9.17, 15) is 0 Å². The van der Waals surface area contributed by atoms with Crippen molar-refractivity contribution in [3.63, 3.8) is 0 Å². The maximum absolute atomic E-state index is 9.12. The van der Waals surface area contributed by atoms with Gasteiger partial charge in [0, 0.05) is 6.07 Å². The molecule has 0 bridgehead atoms. The number of aromatic nitrogens is 1. The van der Waals surface area contributed by atoms with Gasteiger partial charge in [0.1, 0.15) is 5.75 Å². The second-order valence-electron chi connectivity index (χ2n) is 2.78. The molecule has 0 unspecified atom stereocenters. The van der Waals surface area contributed by atoms with Gasteiger partial charge in [0.15, 0.2) is 0 Å². The van der Waals surface area contributed by atoms with E-state index in [1.54, 1.807) is 19.2 Å². The molecule has 0 aliphatic carbocycles. The summed E-state index contributed by atoms with van der Waals surface area (Å²) >= 11 is 1.38. The SMILES string of the molecule is COc1cc(-c2ccc(O)cc2)sn1. The number of phenols is 1. The molecule has 1 N–H and O–H groups in total. The van der Waals surface area contributed by atoms with E-state index < -0.39 is 0 Å². The van der Waals surface area contributed by atoms with Crippen molar-refractivity contribution in [1.29, 1.82) is 0 Å². The number of methoxy groups -OCH3 is 1. The van der Waals surface area contributed by atoms with E-state index >= 15 is 0 Å². The van der Waals surface area contributed by atoms with Gasteiger partial charge in [-0.05, 0) is 41.4 Å². The van der Waals surface area contributed by atoms with Gasteiger partial charge in [0.05, 0.1) is 12.0 Å². The molecule has 2 rings (SSSR count). The van der Waals surface area contributed by atoms with E-state index in [0.717, 1.165) is 10.4 Å². The summed E-state index contributed by atoms with van der Waals surface area (Å²) in [5.74, 6) is 0.892. The molecule has 0 amide bonds. The lowest BCUT2D eigenvalue weighted by molar-refractivity contribution is 0.403. The Morgan fingerprint density at radius 2 is 2.00 bits per heavy atom. The Balaban J connectivity index is 2.34. The second-order valence-corrected chi connectivity index (χ2v) is 3.59. The van der Waals surface area contributed by atoms with Crippen molar-refractivity contribution in [2.75, 3.05) is 7.11 Å². The van der Waals surface area contributed by atoms with Gasteiger partial charge in [-0.3, -0.25) is 0 Å². The third-order valence-electron chi connectivity index (χ3n) is 1.85. The quantitative estimate of drug-likeness (QED) is 0.822. The molecule has 14 heavy (non-hydrogen) atoms. The monoisotopic (exact) mass is 207 g/mol. The number of hydrogen-bond acceptors (Lipinski definition) is 4. The van der Waals surface area contributed by atoms with Crippen LogP contribution in [-0.2, 0) is 0 Å². The van der Waals surface area contributed by atoms with Crippen LogP contribution in [-0.4, -0.2) is 16.6 Å². The number of hydrogen-bond donors (Lipinski definition) is 1. The van der Waals surface area contributed by atoms with Crippen LogP contribution in [0.5, 0.6) is 11.6 Å². The van der Waals surface area contributed by atoms with Crippen LogP contribution < -0.4 is 4.74 Å². The van der Waals surface area contributed by atoms with Crippen molar-refractivity contribution in [2.24, 2.45) is 0 Å². The minimum atomic E-state index is 0.269. The van der Waals surface area contributed by atoms with E-state index in [0.29, 0.717) is 5.88 Å². The standard InChI is InChI=1S/C10H9NO2S/c1-13-10-6-9(14-11-10)7-2-4-8(12)5-3-7/h2-6,12H,1H3. The smallest absolute Gasteiger partial charge is 0.225 e. The molecule has 3 nitrogen and oxygen atoms in total. The van der Waals surface area contributed by atoms with Crippen molar-refractivity contribution >= 4 is 11.5 Å². The number of phenolic OH excluding ortho intramolecular Hbond substituents is 1. The number of benzene rings is 1. The van der Waals surface area contributed by atoms with Gasteiger partial charge in [-0.2, -0.15) is 4.37 Å². The summed E-state index contributed by atoms with van der Waals surface area (Å²) in [6.07, 6.45) is 0. The van der Waals surface area contributed by atoms with Crippen molar-refractivity contribution in [1.82, 2.24) is 4.37 Å². The minimum Gasteiger partial charge on any atom is -0.508 e. The van der Waals surface area contributed by atoms with Gasteiger partial charge in [0.2, 0.25) is 5.88 Å². The molecule has 0 saturated heterocycles. The maximum atomic E-state index is 9.12. The molecule has 0 aliphatic rings. The Morgan fingerprint density at radius 3 is 2.57 bits per heavy atom. The molecule has 2 aromatic rings. The van der Waals surface area contributed by atoms with Gasteiger partial charge in [0.25, 0.3) is 0 Å². The summed E-state index contributed by atoms with van der Waals surface area (Å²) in [5.41, 5.74) is 1.03. The molecular weight excluding hydrogens is 198 g/mol. The van der Waals surface area contributed by atoms with Gasteiger partial charge < -0.3 is 9.84 Å². The predicted octanol–water partition coefficient (Wildman–Crippen LogP) is 2.52. The Morgan fingerprint density at radius 1 is 1.29 bits per heavy atom. The van der Waals surface area contributed by atoms with Crippen LogP contribution in [0.3, 0.4) is 0 Å². The molecule has 0 atom stereocenters. The molecule has 1 aromatic heterocycles. The molecule has 1 heterocycles. The zero-order valence-corrected chi connectivity index (χ0v) is 8.41.